The van der Waals surface area contributed by atoms with Gasteiger partial charge in [0.1, 0.15) is 4.99 Å². The minimum atomic E-state index is 0.458. The Morgan fingerprint density at radius 1 is 1.40 bits per heavy atom. The number of aryl methyl sites for hydroxylation is 1. The second-order valence-electron chi connectivity index (χ2n) is 3.65. The van der Waals surface area contributed by atoms with Gasteiger partial charge in [-0.15, -0.1) is 0 Å². The topological polar surface area (TPSA) is 30.9 Å². The maximum Gasteiger partial charge on any atom is 0.104 e. The second kappa shape index (κ2) is 4.03. The van der Waals surface area contributed by atoms with Gasteiger partial charge in [0.15, 0.2) is 0 Å². The molecule has 0 aliphatic carbocycles. The van der Waals surface area contributed by atoms with Crippen LogP contribution in [0.3, 0.4) is 0 Å². The van der Waals surface area contributed by atoms with E-state index in [1.165, 1.54) is 10.9 Å². The normalized spacial score (nSPS) is 10.7. The van der Waals surface area contributed by atoms with E-state index in [-0.39, 0.29) is 0 Å². The molecule has 1 aromatic heterocycles. The fourth-order valence-electron chi connectivity index (χ4n) is 1.79. The molecule has 0 saturated carbocycles. The molecule has 2 nitrogen and oxygen atoms in total. The number of nitrogens with two attached hydrogens (primary N) is 1. The standard InChI is InChI=1S/C12H14N2S/c1-2-6-14-7-5-9-8-10(12(13)15)3-4-11(9)14/h3-5,7-8H,2,6H2,1H3,(H2,13,15). The van der Waals surface area contributed by atoms with E-state index in [4.69, 9.17) is 18.0 Å². The van der Waals surface area contributed by atoms with Crippen LogP contribution >= 0.6 is 12.2 Å². The summed E-state index contributed by atoms with van der Waals surface area (Å²) < 4.78 is 2.25. The summed E-state index contributed by atoms with van der Waals surface area (Å²) in [5, 5.41) is 1.20. The van der Waals surface area contributed by atoms with Crippen LogP contribution in [-0.2, 0) is 6.54 Å². The highest BCUT2D eigenvalue weighted by molar-refractivity contribution is 7.80. The van der Waals surface area contributed by atoms with Gasteiger partial charge in [0.05, 0.1) is 0 Å². The highest BCUT2D eigenvalue weighted by Crippen LogP contribution is 2.18. The first kappa shape index (κ1) is 10.2. The van der Waals surface area contributed by atoms with E-state index >= 15 is 0 Å². The lowest BCUT2D eigenvalue weighted by Crippen LogP contribution is -2.08. The van der Waals surface area contributed by atoms with Crippen molar-refractivity contribution in [3.8, 4) is 0 Å². The van der Waals surface area contributed by atoms with Gasteiger partial charge in [0, 0.05) is 29.2 Å². The van der Waals surface area contributed by atoms with Crippen molar-refractivity contribution in [2.75, 3.05) is 0 Å². The van der Waals surface area contributed by atoms with Gasteiger partial charge in [-0.25, -0.2) is 0 Å². The zero-order chi connectivity index (χ0) is 10.8. The molecule has 78 valence electrons. The number of thiocarbonyl (C=S) groups is 1. The maximum absolute atomic E-state index is 5.59. The number of hydrogen-bond acceptors (Lipinski definition) is 1. The van der Waals surface area contributed by atoms with Crippen LogP contribution in [0.25, 0.3) is 10.9 Å². The Bertz CT molecular complexity index is 499. The van der Waals surface area contributed by atoms with Crippen LogP contribution in [0.5, 0.6) is 0 Å². The summed E-state index contributed by atoms with van der Waals surface area (Å²) in [4.78, 5) is 0.458. The SMILES string of the molecule is CCCn1ccc2cc(C(N)=S)ccc21. The number of nitrogens with zero attached hydrogens (tertiary/aromatic N) is 1. The molecule has 0 radical (unpaired) electrons. The highest BCUT2D eigenvalue weighted by Gasteiger charge is 2.02. The molecule has 2 aromatic rings. The maximum atomic E-state index is 5.59. The Kier molecular flexibility index (Phi) is 2.73. The summed E-state index contributed by atoms with van der Waals surface area (Å²) in [5.41, 5.74) is 7.78. The zero-order valence-corrected chi connectivity index (χ0v) is 9.55. The lowest BCUT2D eigenvalue weighted by atomic mass is 10.1. The Balaban J connectivity index is 2.51. The number of aromatic nitrogens is 1. The van der Waals surface area contributed by atoms with Crippen LogP contribution in [0.2, 0.25) is 0 Å². The molecule has 2 N–H and O–H groups in total. The minimum Gasteiger partial charge on any atom is -0.389 e. The van der Waals surface area contributed by atoms with Crippen molar-refractivity contribution in [2.24, 2.45) is 5.73 Å². The largest absolute Gasteiger partial charge is 0.389 e. The number of hydrogen-bond donors (Lipinski definition) is 1. The van der Waals surface area contributed by atoms with Gasteiger partial charge in [-0.2, -0.15) is 0 Å². The van der Waals surface area contributed by atoms with Crippen LogP contribution in [-0.4, -0.2) is 9.56 Å². The molecule has 0 aliphatic rings. The van der Waals surface area contributed by atoms with E-state index in [1.807, 2.05) is 12.1 Å². The van der Waals surface area contributed by atoms with E-state index in [9.17, 15) is 0 Å². The summed E-state index contributed by atoms with van der Waals surface area (Å²) in [7, 11) is 0. The van der Waals surface area contributed by atoms with Gasteiger partial charge in [0.25, 0.3) is 0 Å². The first-order chi connectivity index (χ1) is 7.22. The van der Waals surface area contributed by atoms with Gasteiger partial charge < -0.3 is 10.3 Å². The summed E-state index contributed by atoms with van der Waals surface area (Å²) >= 11 is 4.95. The van der Waals surface area contributed by atoms with Crippen molar-refractivity contribution >= 4 is 28.1 Å². The van der Waals surface area contributed by atoms with Crippen molar-refractivity contribution < 1.29 is 0 Å². The van der Waals surface area contributed by atoms with Gasteiger partial charge >= 0.3 is 0 Å². The quantitative estimate of drug-likeness (QED) is 0.803. The molecular formula is C12H14N2S. The fourth-order valence-corrected chi connectivity index (χ4v) is 1.92. The molecule has 0 saturated heterocycles. The van der Waals surface area contributed by atoms with Crippen molar-refractivity contribution in [3.63, 3.8) is 0 Å². The predicted molar refractivity (Wildman–Crippen MR) is 68.1 cm³/mol. The molecular weight excluding hydrogens is 204 g/mol. The van der Waals surface area contributed by atoms with Gasteiger partial charge in [0.2, 0.25) is 0 Å². The van der Waals surface area contributed by atoms with Crippen molar-refractivity contribution in [3.05, 3.63) is 36.0 Å². The summed E-state index contributed by atoms with van der Waals surface area (Å²) in [6.07, 6.45) is 3.25. The van der Waals surface area contributed by atoms with Crippen LogP contribution in [0.15, 0.2) is 30.5 Å². The van der Waals surface area contributed by atoms with Crippen LogP contribution in [0.1, 0.15) is 18.9 Å². The molecule has 15 heavy (non-hydrogen) atoms. The zero-order valence-electron chi connectivity index (χ0n) is 8.73. The molecule has 0 bridgehead atoms. The lowest BCUT2D eigenvalue weighted by Gasteiger charge is -2.03. The Labute approximate surface area is 94.7 Å². The Morgan fingerprint density at radius 2 is 2.20 bits per heavy atom. The number of fused-ring (bicyclic) bond motifs is 1. The predicted octanol–water partition coefficient (Wildman–Crippen LogP) is 2.69. The molecule has 2 rings (SSSR count). The van der Waals surface area contributed by atoms with Gasteiger partial charge in [-0.3, -0.25) is 0 Å². The van der Waals surface area contributed by atoms with E-state index in [0.717, 1.165) is 18.5 Å². The van der Waals surface area contributed by atoms with E-state index in [2.05, 4.69) is 29.8 Å². The van der Waals surface area contributed by atoms with Crippen LogP contribution in [0.4, 0.5) is 0 Å². The van der Waals surface area contributed by atoms with Gasteiger partial charge in [-0.1, -0.05) is 19.1 Å². The molecule has 0 unspecified atom stereocenters. The lowest BCUT2D eigenvalue weighted by molar-refractivity contribution is 0.703. The highest BCUT2D eigenvalue weighted by atomic mass is 32.1. The minimum absolute atomic E-state index is 0.458. The molecule has 3 heteroatoms. The van der Waals surface area contributed by atoms with Gasteiger partial charge in [-0.05, 0) is 30.7 Å². The summed E-state index contributed by atoms with van der Waals surface area (Å²) in [6, 6.07) is 8.22. The molecule has 0 spiro atoms. The third kappa shape index (κ3) is 1.88. The summed E-state index contributed by atoms with van der Waals surface area (Å²) in [5.74, 6) is 0. The molecule has 1 heterocycles. The third-order valence-corrected chi connectivity index (χ3v) is 2.76. The average molecular weight is 218 g/mol. The molecule has 1 aromatic carbocycles. The molecule has 0 fully saturated rings. The smallest absolute Gasteiger partial charge is 0.104 e. The van der Waals surface area contributed by atoms with Crippen molar-refractivity contribution in [1.29, 1.82) is 0 Å². The molecule has 0 amide bonds. The van der Waals surface area contributed by atoms with E-state index in [0.29, 0.717) is 4.99 Å². The van der Waals surface area contributed by atoms with Crippen LogP contribution < -0.4 is 5.73 Å². The average Bonchev–Trinajstić information content (AvgIpc) is 2.61. The number of benzene rings is 1. The second-order valence-corrected chi connectivity index (χ2v) is 4.09. The molecule has 0 aliphatic heterocycles. The third-order valence-electron chi connectivity index (χ3n) is 2.52. The fraction of sp³-hybridized carbons (Fsp3) is 0.250. The van der Waals surface area contributed by atoms with E-state index in [1.54, 1.807) is 0 Å². The van der Waals surface area contributed by atoms with Crippen LogP contribution in [0, 0.1) is 0 Å². The molecule has 0 atom stereocenters. The number of rotatable bonds is 3. The Hall–Kier alpha value is -1.35. The first-order valence-electron chi connectivity index (χ1n) is 5.11. The first-order valence-corrected chi connectivity index (χ1v) is 5.52. The van der Waals surface area contributed by atoms with Crippen molar-refractivity contribution in [1.82, 2.24) is 4.57 Å². The van der Waals surface area contributed by atoms with Crippen molar-refractivity contribution in [2.45, 2.75) is 19.9 Å². The van der Waals surface area contributed by atoms with E-state index < -0.39 is 0 Å². The monoisotopic (exact) mass is 218 g/mol. The summed E-state index contributed by atoms with van der Waals surface area (Å²) in [6.45, 7) is 3.23. The Morgan fingerprint density at radius 3 is 2.87 bits per heavy atom.